The molecule has 1 aromatic carbocycles. The molecule has 9 rings (SSSR count). The van der Waals surface area contributed by atoms with Crippen LogP contribution in [0.5, 0.6) is 0 Å². The predicted molar refractivity (Wildman–Crippen MR) is 276 cm³/mol. The molecule has 1 atom stereocenters. The summed E-state index contributed by atoms with van der Waals surface area (Å²) in [6, 6.07) is 9.18. The lowest BCUT2D eigenvalue weighted by molar-refractivity contribution is -0.143. The summed E-state index contributed by atoms with van der Waals surface area (Å²) < 4.78 is 7.09. The number of nitrogens with one attached hydrogen (secondary N) is 3. The second-order valence-corrected chi connectivity index (χ2v) is 21.7. The first-order chi connectivity index (χ1) is 35.0. The average molecular weight is 990 g/mol. The Balaban J connectivity index is 0.628. The zero-order valence-corrected chi connectivity index (χ0v) is 43.1. The minimum Gasteiger partial charge on any atom is -0.462 e. The number of ether oxygens (including phenoxy) is 1. The quantitative estimate of drug-likeness (QED) is 0.0764. The highest BCUT2D eigenvalue weighted by molar-refractivity contribution is 6.01. The molecule has 17 heteroatoms. The zero-order valence-electron chi connectivity index (χ0n) is 43.1. The average Bonchev–Trinajstić information content (AvgIpc) is 3.81. The standard InChI is InChI=1S/C55H79N11O6/c1-4-72-54(71)49-37(2)57-55(59-45-35-56-62(3)36-45)61-50(49)58-44-16-18-46(19-17-44)64-31-33-66(34-32-64)53(70)43-14-12-42(13-15-43)52(69)65-29-22-38(23-30-65)7-5-6-26-63-27-24-40(25-28-63)39-8-10-41(11-9-39)47-20-21-48(67)60-51(47)68/h8-11,35-36,38,40,42-44,46-47H,4-7,12-34H2,1-3H3,(H,60,67,68)(H2,57,58,59,61). The molecule has 3 N–H and O–H groups in total. The van der Waals surface area contributed by atoms with E-state index in [9.17, 15) is 24.0 Å². The molecule has 0 bridgehead atoms. The van der Waals surface area contributed by atoms with Gasteiger partial charge < -0.3 is 30.1 Å². The number of rotatable bonds is 16. The van der Waals surface area contributed by atoms with E-state index in [1.165, 1.54) is 24.8 Å². The van der Waals surface area contributed by atoms with Crippen molar-refractivity contribution in [1.82, 2.24) is 44.7 Å². The topological polar surface area (TPSA) is 187 Å². The van der Waals surface area contributed by atoms with Gasteiger partial charge in [-0.1, -0.05) is 37.1 Å². The van der Waals surface area contributed by atoms with Crippen LogP contribution in [0.4, 0.5) is 17.5 Å². The number of hydrogen-bond acceptors (Lipinski definition) is 13. The first-order valence-corrected chi connectivity index (χ1v) is 27.5. The SMILES string of the molecule is CCOC(=O)c1c(C)nc(Nc2cnn(C)c2)nc1NC1CCC(N2CCN(C(=O)C3CCC(C(=O)N4CCC(CCCCN5CCC(c6ccc(C7CCC(=O)NC7=O)cc6)CC5)CC4)CC3)CC2)CC1. The Bertz CT molecular complexity index is 2330. The Labute approximate surface area is 425 Å². The maximum Gasteiger partial charge on any atom is 0.343 e. The van der Waals surface area contributed by atoms with Gasteiger partial charge >= 0.3 is 5.97 Å². The summed E-state index contributed by atoms with van der Waals surface area (Å²) in [5, 5.41) is 13.5. The largest absolute Gasteiger partial charge is 0.462 e. The van der Waals surface area contributed by atoms with Crippen LogP contribution in [0.15, 0.2) is 36.7 Å². The van der Waals surface area contributed by atoms with Crippen LogP contribution in [0.25, 0.3) is 0 Å². The van der Waals surface area contributed by atoms with Gasteiger partial charge in [-0.25, -0.2) is 9.78 Å². The third-order valence-corrected chi connectivity index (χ3v) is 17.0. The lowest BCUT2D eigenvalue weighted by Gasteiger charge is -2.43. The van der Waals surface area contributed by atoms with Crippen molar-refractivity contribution < 1.29 is 28.7 Å². The molecule has 4 aliphatic heterocycles. The molecular weight excluding hydrogens is 911 g/mol. The molecule has 3 aromatic rings. The summed E-state index contributed by atoms with van der Waals surface area (Å²) in [4.78, 5) is 83.1. The van der Waals surface area contributed by atoms with Gasteiger partial charge in [0, 0.05) is 82.9 Å². The minimum absolute atomic E-state index is 0.0233. The van der Waals surface area contributed by atoms with Crippen molar-refractivity contribution in [3.63, 3.8) is 0 Å². The molecule has 72 heavy (non-hydrogen) atoms. The van der Waals surface area contributed by atoms with Crippen LogP contribution in [0.3, 0.4) is 0 Å². The number of esters is 1. The van der Waals surface area contributed by atoms with Gasteiger partial charge in [-0.15, -0.1) is 0 Å². The summed E-state index contributed by atoms with van der Waals surface area (Å²) in [5.41, 5.74) is 4.04. The van der Waals surface area contributed by atoms with Crippen molar-refractivity contribution in [2.45, 2.75) is 147 Å². The number of imide groups is 1. The number of amides is 4. The summed E-state index contributed by atoms with van der Waals surface area (Å²) >= 11 is 0. The van der Waals surface area contributed by atoms with Crippen molar-refractivity contribution in [2.24, 2.45) is 24.8 Å². The molecule has 6 aliphatic rings. The number of unbranched alkanes of at least 4 members (excludes halogenated alkanes) is 1. The molecule has 390 valence electrons. The van der Waals surface area contributed by atoms with Crippen LogP contribution in [0, 0.1) is 24.7 Å². The highest BCUT2D eigenvalue weighted by Gasteiger charge is 2.37. The van der Waals surface area contributed by atoms with E-state index in [2.05, 4.69) is 69.9 Å². The third kappa shape index (κ3) is 12.8. The van der Waals surface area contributed by atoms with Crippen LogP contribution in [-0.4, -0.2) is 147 Å². The number of carbonyl (C=O) groups is 5. The number of piperazine rings is 1. The maximum atomic E-state index is 13.8. The summed E-state index contributed by atoms with van der Waals surface area (Å²) in [6.07, 6.45) is 20.0. The maximum absolute atomic E-state index is 13.8. The number of piperidine rings is 3. The molecule has 4 saturated heterocycles. The number of carbonyl (C=O) groups excluding carboxylic acids is 5. The molecule has 6 heterocycles. The Morgan fingerprint density at radius 3 is 2.03 bits per heavy atom. The number of benzene rings is 1. The van der Waals surface area contributed by atoms with Crippen LogP contribution in [-0.2, 0) is 31.0 Å². The van der Waals surface area contributed by atoms with Crippen LogP contribution in [0.2, 0.25) is 0 Å². The minimum atomic E-state index is -0.432. The Morgan fingerprint density at radius 1 is 0.750 bits per heavy atom. The number of anilines is 3. The van der Waals surface area contributed by atoms with Gasteiger partial charge in [0.2, 0.25) is 29.6 Å². The van der Waals surface area contributed by atoms with Crippen LogP contribution < -0.4 is 16.0 Å². The smallest absolute Gasteiger partial charge is 0.343 e. The van der Waals surface area contributed by atoms with Crippen molar-refractivity contribution in [3.8, 4) is 0 Å². The van der Waals surface area contributed by atoms with E-state index >= 15 is 0 Å². The predicted octanol–water partition coefficient (Wildman–Crippen LogP) is 6.92. The lowest BCUT2D eigenvalue weighted by atomic mass is 9.80. The Kier molecular flexibility index (Phi) is 17.2. The van der Waals surface area contributed by atoms with Crippen molar-refractivity contribution in [2.75, 3.05) is 76.1 Å². The molecule has 2 saturated carbocycles. The number of likely N-dealkylation sites (tertiary alicyclic amines) is 2. The Hall–Kier alpha value is -5.42. The fourth-order valence-corrected chi connectivity index (χ4v) is 12.7. The highest BCUT2D eigenvalue weighted by Crippen LogP contribution is 2.35. The van der Waals surface area contributed by atoms with Crippen LogP contribution in [0.1, 0.15) is 155 Å². The van der Waals surface area contributed by atoms with E-state index in [0.717, 1.165) is 147 Å². The van der Waals surface area contributed by atoms with Crippen molar-refractivity contribution in [3.05, 3.63) is 59.0 Å². The molecule has 17 nitrogen and oxygen atoms in total. The van der Waals surface area contributed by atoms with Gasteiger partial charge in [0.15, 0.2) is 0 Å². The van der Waals surface area contributed by atoms with E-state index in [1.54, 1.807) is 24.7 Å². The molecule has 0 radical (unpaired) electrons. The fourth-order valence-electron chi connectivity index (χ4n) is 12.7. The summed E-state index contributed by atoms with van der Waals surface area (Å²) in [5.74, 6) is 1.81. The third-order valence-electron chi connectivity index (χ3n) is 17.0. The van der Waals surface area contributed by atoms with Crippen molar-refractivity contribution in [1.29, 1.82) is 0 Å². The van der Waals surface area contributed by atoms with E-state index in [4.69, 9.17) is 9.72 Å². The molecule has 6 fully saturated rings. The monoisotopic (exact) mass is 990 g/mol. The highest BCUT2D eigenvalue weighted by atomic mass is 16.5. The number of hydrogen-bond donors (Lipinski definition) is 3. The number of aryl methyl sites for hydroxylation is 2. The first kappa shape index (κ1) is 51.5. The van der Waals surface area contributed by atoms with E-state index < -0.39 is 5.97 Å². The van der Waals surface area contributed by atoms with Gasteiger partial charge in [0.05, 0.1) is 30.1 Å². The van der Waals surface area contributed by atoms with E-state index in [0.29, 0.717) is 59.7 Å². The van der Waals surface area contributed by atoms with E-state index in [-0.39, 0.29) is 48.1 Å². The summed E-state index contributed by atoms with van der Waals surface area (Å²) in [6.45, 7) is 12.3. The van der Waals surface area contributed by atoms with Gasteiger partial charge in [0.25, 0.3) is 0 Å². The molecule has 0 spiro atoms. The molecule has 2 aromatic heterocycles. The second-order valence-electron chi connectivity index (χ2n) is 21.7. The summed E-state index contributed by atoms with van der Waals surface area (Å²) in [7, 11) is 1.85. The number of aromatic nitrogens is 4. The zero-order chi connectivity index (χ0) is 50.1. The second kappa shape index (κ2) is 24.1. The molecule has 1 unspecified atom stereocenters. The molecule has 4 amide bonds. The van der Waals surface area contributed by atoms with Crippen molar-refractivity contribution >= 4 is 47.1 Å². The van der Waals surface area contributed by atoms with Crippen LogP contribution >= 0.6 is 0 Å². The van der Waals surface area contributed by atoms with Gasteiger partial charge in [-0.2, -0.15) is 10.1 Å². The fraction of sp³-hybridized carbons (Fsp3) is 0.673. The number of nitrogens with zero attached hydrogens (tertiary/aromatic N) is 8. The molecule has 2 aliphatic carbocycles. The lowest BCUT2D eigenvalue weighted by Crippen LogP contribution is -2.54. The first-order valence-electron chi connectivity index (χ1n) is 27.5. The normalized spacial score (nSPS) is 25.2. The Morgan fingerprint density at radius 2 is 1.40 bits per heavy atom. The van der Waals surface area contributed by atoms with E-state index in [1.807, 2.05) is 13.2 Å². The van der Waals surface area contributed by atoms with Gasteiger partial charge in [-0.3, -0.25) is 34.1 Å². The van der Waals surface area contributed by atoms with Gasteiger partial charge in [0.1, 0.15) is 11.4 Å². The molecular formula is C55H79N11O6. The van der Waals surface area contributed by atoms with Gasteiger partial charge in [-0.05, 0) is 146 Å².